The summed E-state index contributed by atoms with van der Waals surface area (Å²) in [4.78, 5) is 62.2. The van der Waals surface area contributed by atoms with Gasteiger partial charge < -0.3 is 24.8 Å². The Morgan fingerprint density at radius 1 is 0.893 bits per heavy atom. The largest absolute Gasteiger partial charge is 0.376 e. The number of rotatable bonds is 12. The molecule has 0 unspecified atom stereocenters. The van der Waals surface area contributed by atoms with E-state index >= 15 is 0 Å². The molecule has 300 valence electrons. The Hall–Kier alpha value is -4.52. The molecule has 1 N–H and O–H groups in total. The van der Waals surface area contributed by atoms with Crippen LogP contribution < -0.4 is 5.32 Å². The zero-order valence-corrected chi connectivity index (χ0v) is 33.2. The van der Waals surface area contributed by atoms with Gasteiger partial charge in [-0.2, -0.15) is 10.2 Å². The molecule has 5 heterocycles. The maximum Gasteiger partial charge on any atom is 0.257 e. The number of likely N-dealkylation sites (tertiary alicyclic amines) is 3. The molecule has 1 spiro atoms. The molecule has 56 heavy (non-hydrogen) atoms. The maximum atomic E-state index is 14.7. The van der Waals surface area contributed by atoms with Crippen LogP contribution in [0.4, 0.5) is 0 Å². The van der Waals surface area contributed by atoms with E-state index in [0.717, 1.165) is 37.7 Å². The molecule has 0 bridgehead atoms. The van der Waals surface area contributed by atoms with Crippen molar-refractivity contribution in [2.24, 2.45) is 28.6 Å². The first-order chi connectivity index (χ1) is 27.0. The van der Waals surface area contributed by atoms with Gasteiger partial charge >= 0.3 is 0 Å². The van der Waals surface area contributed by atoms with Crippen LogP contribution in [0, 0.1) is 28.6 Å². The van der Waals surface area contributed by atoms with Crippen molar-refractivity contribution in [1.29, 1.82) is 0 Å². The third kappa shape index (κ3) is 8.01. The first-order valence-corrected chi connectivity index (χ1v) is 20.8. The second-order valence-electron chi connectivity index (χ2n) is 18.0. The number of carbonyl (C=O) groups excluding carboxylic acids is 4. The lowest BCUT2D eigenvalue weighted by molar-refractivity contribution is -0.153. The van der Waals surface area contributed by atoms with Gasteiger partial charge in [0.2, 0.25) is 17.7 Å². The van der Waals surface area contributed by atoms with E-state index in [0.29, 0.717) is 57.4 Å². The van der Waals surface area contributed by atoms with Crippen molar-refractivity contribution in [1.82, 2.24) is 39.6 Å². The van der Waals surface area contributed by atoms with Crippen LogP contribution in [0.15, 0.2) is 61.2 Å². The SMILES string of the molecule is C[C@@H](OCC1CCCCC1)[C@H](NC(=O)[C@@H]1CN(C(=O)c2cnn(Cc3ccccc3)c2)CC12CN(C(=O)[C@H]1CC1(C)C)C2)C(=O)N1CCC(n2cccn2)CC1. The minimum atomic E-state index is -0.879. The standard InChI is InChI=1S/C43H58N8O5/c1-30(56-26-32-13-8-5-9-14-32)37(41(55)47-19-15-34(16-20-47)51-18-10-17-44-51)46-38(52)36-25-48(27-43(36)28-49(29-43)40(54)35-21-42(35,2)3)39(53)33-22-45-50(24-33)23-31-11-6-4-7-12-31/h4,6-7,10-12,17-18,22,24,30,32,34-37H,5,8-9,13-16,19-21,23,25-29H2,1-3H3,(H,46,52)/t30-,35-,36+,37+/m1/s1. The van der Waals surface area contributed by atoms with Crippen LogP contribution in [-0.2, 0) is 25.7 Å². The highest BCUT2D eigenvalue weighted by molar-refractivity contribution is 5.96. The van der Waals surface area contributed by atoms with Crippen molar-refractivity contribution >= 4 is 23.6 Å². The molecular formula is C43H58N8O5. The van der Waals surface area contributed by atoms with Gasteiger partial charge in [0.25, 0.3) is 5.91 Å². The van der Waals surface area contributed by atoms with Gasteiger partial charge in [0, 0.05) is 75.8 Å². The second kappa shape index (κ2) is 15.8. The van der Waals surface area contributed by atoms with Crippen molar-refractivity contribution in [3.05, 3.63) is 72.3 Å². The molecule has 13 nitrogen and oxygen atoms in total. The Labute approximate surface area is 330 Å². The van der Waals surface area contributed by atoms with E-state index in [1.165, 1.54) is 19.3 Å². The number of piperidine rings is 1. The number of benzene rings is 1. The van der Waals surface area contributed by atoms with Crippen LogP contribution in [-0.4, -0.2) is 116 Å². The summed E-state index contributed by atoms with van der Waals surface area (Å²) in [6.07, 6.45) is 14.8. The highest BCUT2D eigenvalue weighted by Crippen LogP contribution is 2.54. The molecule has 2 aliphatic carbocycles. The molecule has 5 aliphatic rings. The average Bonchev–Trinajstić information content (AvgIpc) is 3.72. The summed E-state index contributed by atoms with van der Waals surface area (Å²) in [5.74, 6) is -0.631. The van der Waals surface area contributed by atoms with Crippen molar-refractivity contribution in [3.63, 3.8) is 0 Å². The van der Waals surface area contributed by atoms with Gasteiger partial charge in [-0.3, -0.25) is 28.5 Å². The van der Waals surface area contributed by atoms with Crippen LogP contribution in [0.1, 0.15) is 94.1 Å². The molecule has 3 aromatic rings. The first kappa shape index (κ1) is 38.4. The predicted octanol–water partition coefficient (Wildman–Crippen LogP) is 4.41. The molecule has 2 saturated carbocycles. The Bertz CT molecular complexity index is 1860. The average molecular weight is 767 g/mol. The summed E-state index contributed by atoms with van der Waals surface area (Å²) < 4.78 is 10.2. The summed E-state index contributed by atoms with van der Waals surface area (Å²) in [5.41, 5.74) is 0.909. The zero-order chi connectivity index (χ0) is 39.0. The van der Waals surface area contributed by atoms with E-state index in [2.05, 4.69) is 29.4 Å². The van der Waals surface area contributed by atoms with E-state index in [9.17, 15) is 19.2 Å². The third-order valence-corrected chi connectivity index (χ3v) is 13.5. The van der Waals surface area contributed by atoms with Gasteiger partial charge in [-0.15, -0.1) is 0 Å². The Balaban J connectivity index is 0.994. The van der Waals surface area contributed by atoms with Crippen LogP contribution in [0.2, 0.25) is 0 Å². The van der Waals surface area contributed by atoms with Crippen molar-refractivity contribution in [2.75, 3.05) is 45.9 Å². The van der Waals surface area contributed by atoms with E-state index in [4.69, 9.17) is 4.74 Å². The van der Waals surface area contributed by atoms with Crippen LogP contribution in [0.25, 0.3) is 0 Å². The number of hydrogen-bond donors (Lipinski definition) is 1. The van der Waals surface area contributed by atoms with Crippen LogP contribution in [0.3, 0.4) is 0 Å². The fraction of sp³-hybridized carbons (Fsp3) is 0.628. The predicted molar refractivity (Wildman–Crippen MR) is 209 cm³/mol. The fourth-order valence-electron chi connectivity index (χ4n) is 9.71. The molecule has 5 fully saturated rings. The zero-order valence-electron chi connectivity index (χ0n) is 33.2. The van der Waals surface area contributed by atoms with E-state index < -0.39 is 23.5 Å². The quantitative estimate of drug-likeness (QED) is 0.289. The summed E-state index contributed by atoms with van der Waals surface area (Å²) in [6.45, 7) is 9.70. The molecule has 3 aliphatic heterocycles. The van der Waals surface area contributed by atoms with Crippen molar-refractivity contribution < 1.29 is 23.9 Å². The Morgan fingerprint density at radius 2 is 1.61 bits per heavy atom. The number of hydrogen-bond acceptors (Lipinski definition) is 7. The van der Waals surface area contributed by atoms with E-state index in [1.54, 1.807) is 28.2 Å². The molecule has 4 amide bonds. The molecule has 13 heteroatoms. The monoisotopic (exact) mass is 766 g/mol. The lowest BCUT2D eigenvalue weighted by Gasteiger charge is -2.50. The minimum absolute atomic E-state index is 0.0108. The van der Waals surface area contributed by atoms with Gasteiger partial charge in [0.15, 0.2) is 0 Å². The number of amides is 4. The molecule has 3 saturated heterocycles. The van der Waals surface area contributed by atoms with Crippen molar-refractivity contribution in [2.45, 2.75) is 96.9 Å². The van der Waals surface area contributed by atoms with Crippen molar-refractivity contribution in [3.8, 4) is 0 Å². The number of aromatic nitrogens is 4. The lowest BCUT2D eigenvalue weighted by Crippen LogP contribution is -2.65. The fourth-order valence-corrected chi connectivity index (χ4v) is 9.71. The Morgan fingerprint density at radius 3 is 2.29 bits per heavy atom. The number of nitrogens with zero attached hydrogens (tertiary/aromatic N) is 7. The normalized spacial score (nSPS) is 24.4. The van der Waals surface area contributed by atoms with Gasteiger partial charge in [-0.1, -0.05) is 63.4 Å². The molecule has 8 rings (SSSR count). The number of nitrogens with one attached hydrogen (secondary N) is 1. The van der Waals surface area contributed by atoms with E-state index in [1.807, 2.05) is 64.0 Å². The Kier molecular flexibility index (Phi) is 10.8. The molecule has 1 aromatic carbocycles. The summed E-state index contributed by atoms with van der Waals surface area (Å²) in [5, 5.41) is 12.1. The van der Waals surface area contributed by atoms with Gasteiger partial charge in [-0.25, -0.2) is 0 Å². The topological polar surface area (TPSA) is 135 Å². The molecule has 2 aromatic heterocycles. The lowest BCUT2D eigenvalue weighted by atomic mass is 9.70. The molecule has 0 radical (unpaired) electrons. The number of ether oxygens (including phenoxy) is 1. The molecular weight excluding hydrogens is 709 g/mol. The van der Waals surface area contributed by atoms with Gasteiger partial charge in [0.05, 0.1) is 36.4 Å². The summed E-state index contributed by atoms with van der Waals surface area (Å²) in [7, 11) is 0. The minimum Gasteiger partial charge on any atom is -0.376 e. The third-order valence-electron chi connectivity index (χ3n) is 13.5. The molecule has 4 atom stereocenters. The summed E-state index contributed by atoms with van der Waals surface area (Å²) >= 11 is 0. The maximum absolute atomic E-state index is 14.7. The number of carbonyl (C=O) groups is 4. The summed E-state index contributed by atoms with van der Waals surface area (Å²) in [6, 6.07) is 11.2. The van der Waals surface area contributed by atoms with Crippen LogP contribution >= 0.6 is 0 Å². The first-order valence-electron chi connectivity index (χ1n) is 20.8. The van der Waals surface area contributed by atoms with Gasteiger partial charge in [0.1, 0.15) is 6.04 Å². The van der Waals surface area contributed by atoms with Gasteiger partial charge in [-0.05, 0) is 62.0 Å². The second-order valence-corrected chi connectivity index (χ2v) is 18.0. The highest BCUT2D eigenvalue weighted by Gasteiger charge is 2.62. The highest BCUT2D eigenvalue weighted by atomic mass is 16.5. The smallest absolute Gasteiger partial charge is 0.257 e. The van der Waals surface area contributed by atoms with E-state index in [-0.39, 0.29) is 47.5 Å². The van der Waals surface area contributed by atoms with Crippen LogP contribution in [0.5, 0.6) is 0 Å².